The van der Waals surface area contributed by atoms with Gasteiger partial charge < -0.3 is 10.1 Å². The Labute approximate surface area is 115 Å². The van der Waals surface area contributed by atoms with Gasteiger partial charge in [-0.05, 0) is 51.9 Å². The second-order valence-electron chi connectivity index (χ2n) is 5.37. The fourth-order valence-electron chi connectivity index (χ4n) is 2.56. The lowest BCUT2D eigenvalue weighted by Crippen LogP contribution is -2.32. The fourth-order valence-corrected chi connectivity index (χ4v) is 2.56. The maximum Gasteiger partial charge on any atom is 0.165 e. The van der Waals surface area contributed by atoms with E-state index in [4.69, 9.17) is 4.74 Å². The summed E-state index contributed by atoms with van der Waals surface area (Å²) in [5.41, 5.74) is 3.09. The third-order valence-corrected chi connectivity index (χ3v) is 3.51. The van der Waals surface area contributed by atoms with E-state index in [0.717, 1.165) is 42.6 Å². The first-order valence-electron chi connectivity index (χ1n) is 7.09. The van der Waals surface area contributed by atoms with Crippen molar-refractivity contribution in [2.75, 3.05) is 19.7 Å². The Hall–Kier alpha value is -1.19. The summed E-state index contributed by atoms with van der Waals surface area (Å²) in [6.07, 6.45) is 2.91. The number of nitrogens with one attached hydrogen (secondary N) is 1. The predicted octanol–water partition coefficient (Wildman–Crippen LogP) is 2.64. The molecule has 0 bridgehead atoms. The Morgan fingerprint density at radius 3 is 2.47 bits per heavy atom. The molecule has 19 heavy (non-hydrogen) atoms. The van der Waals surface area contributed by atoms with Crippen LogP contribution in [0.2, 0.25) is 0 Å². The maximum absolute atomic E-state index is 12.1. The van der Waals surface area contributed by atoms with Crippen LogP contribution in [0.5, 0.6) is 0 Å². The lowest BCUT2D eigenvalue weighted by molar-refractivity contribution is 0.0313. The lowest BCUT2D eigenvalue weighted by atomic mass is 10.0. The molecule has 0 aliphatic carbocycles. The second kappa shape index (κ2) is 6.83. The van der Waals surface area contributed by atoms with Gasteiger partial charge in [-0.2, -0.15) is 0 Å². The van der Waals surface area contributed by atoms with Crippen LogP contribution >= 0.6 is 0 Å². The van der Waals surface area contributed by atoms with Crippen molar-refractivity contribution < 1.29 is 9.53 Å². The topological polar surface area (TPSA) is 38.3 Å². The van der Waals surface area contributed by atoms with Crippen LogP contribution in [0.25, 0.3) is 0 Å². The van der Waals surface area contributed by atoms with E-state index in [1.807, 2.05) is 26.0 Å². The van der Waals surface area contributed by atoms with Gasteiger partial charge in [0.25, 0.3) is 0 Å². The summed E-state index contributed by atoms with van der Waals surface area (Å²) in [4.78, 5) is 12.1. The summed E-state index contributed by atoms with van der Waals surface area (Å²) in [6, 6.07) is 6.00. The Kier molecular flexibility index (Phi) is 5.11. The number of hydrogen-bond donors (Lipinski definition) is 1. The number of rotatable bonds is 5. The highest BCUT2D eigenvalue weighted by atomic mass is 16.5. The van der Waals surface area contributed by atoms with Crippen molar-refractivity contribution in [3.05, 3.63) is 34.9 Å². The highest BCUT2D eigenvalue weighted by Gasteiger charge is 2.14. The molecule has 1 N–H and O–H groups in total. The molecule has 0 spiro atoms. The minimum atomic E-state index is 0.181. The van der Waals surface area contributed by atoms with Crippen LogP contribution in [0, 0.1) is 13.8 Å². The largest absolute Gasteiger partial charge is 0.378 e. The summed E-state index contributed by atoms with van der Waals surface area (Å²) in [5, 5.41) is 3.31. The summed E-state index contributed by atoms with van der Waals surface area (Å²) >= 11 is 0. The Bertz CT molecular complexity index is 416. The van der Waals surface area contributed by atoms with E-state index >= 15 is 0 Å². The van der Waals surface area contributed by atoms with Gasteiger partial charge in [-0.25, -0.2) is 0 Å². The zero-order valence-corrected chi connectivity index (χ0v) is 11.9. The predicted molar refractivity (Wildman–Crippen MR) is 76.7 cm³/mol. The van der Waals surface area contributed by atoms with E-state index in [1.165, 1.54) is 0 Å². The highest BCUT2D eigenvalue weighted by molar-refractivity contribution is 5.96. The second-order valence-corrected chi connectivity index (χ2v) is 5.37. The van der Waals surface area contributed by atoms with Crippen LogP contribution in [0.1, 0.15) is 40.7 Å². The van der Waals surface area contributed by atoms with Crippen LogP contribution in [-0.4, -0.2) is 31.6 Å². The normalized spacial score (nSPS) is 16.5. The highest BCUT2D eigenvalue weighted by Crippen LogP contribution is 2.12. The van der Waals surface area contributed by atoms with E-state index in [0.29, 0.717) is 19.1 Å². The number of ether oxygens (including phenoxy) is 1. The number of carbonyl (C=O) groups is 1. The first-order valence-corrected chi connectivity index (χ1v) is 7.09. The van der Waals surface area contributed by atoms with E-state index in [1.54, 1.807) is 0 Å². The number of ketones is 1. The molecule has 0 radical (unpaired) electrons. The molecular formula is C16H23NO2. The number of Topliss-reactive ketones (excluding diaryl/α,β-unsaturated/α-hetero) is 1. The zero-order chi connectivity index (χ0) is 13.7. The van der Waals surface area contributed by atoms with Gasteiger partial charge in [-0.15, -0.1) is 0 Å². The molecule has 1 aromatic carbocycles. The molecule has 0 unspecified atom stereocenters. The fraction of sp³-hybridized carbons (Fsp3) is 0.562. The lowest BCUT2D eigenvalue weighted by Gasteiger charge is -2.22. The van der Waals surface area contributed by atoms with Gasteiger partial charge in [0.05, 0.1) is 12.7 Å². The molecule has 2 rings (SSSR count). The van der Waals surface area contributed by atoms with Gasteiger partial charge >= 0.3 is 0 Å². The first kappa shape index (κ1) is 14.2. The molecule has 0 saturated carbocycles. The van der Waals surface area contributed by atoms with Crippen molar-refractivity contribution in [2.24, 2.45) is 0 Å². The van der Waals surface area contributed by atoms with Gasteiger partial charge in [-0.3, -0.25) is 4.79 Å². The van der Waals surface area contributed by atoms with Gasteiger partial charge in [0.15, 0.2) is 5.78 Å². The number of aryl methyl sites for hydroxylation is 2. The Morgan fingerprint density at radius 1 is 1.21 bits per heavy atom. The van der Waals surface area contributed by atoms with Crippen LogP contribution in [0.4, 0.5) is 0 Å². The van der Waals surface area contributed by atoms with Gasteiger partial charge in [-0.1, -0.05) is 17.2 Å². The first-order chi connectivity index (χ1) is 9.15. The number of piperidine rings is 1. The van der Waals surface area contributed by atoms with Crippen molar-refractivity contribution >= 4 is 5.78 Å². The summed E-state index contributed by atoms with van der Waals surface area (Å²) in [6.45, 7) is 6.63. The summed E-state index contributed by atoms with van der Waals surface area (Å²) in [7, 11) is 0. The molecule has 104 valence electrons. The van der Waals surface area contributed by atoms with E-state index in [-0.39, 0.29) is 5.78 Å². The number of benzene rings is 1. The molecule has 0 amide bonds. The van der Waals surface area contributed by atoms with Gasteiger partial charge in [0.1, 0.15) is 0 Å². The minimum absolute atomic E-state index is 0.181. The van der Waals surface area contributed by atoms with Gasteiger partial charge in [0.2, 0.25) is 0 Å². The molecule has 1 fully saturated rings. The minimum Gasteiger partial charge on any atom is -0.378 e. The molecular weight excluding hydrogens is 238 g/mol. The molecule has 1 aliphatic heterocycles. The molecule has 0 atom stereocenters. The standard InChI is InChI=1S/C16H23NO2/c1-12-9-13(2)11-14(10-12)16(18)5-8-19-15-3-6-17-7-4-15/h9-11,15,17H,3-8H2,1-2H3. The molecule has 1 aliphatic rings. The molecule has 1 aromatic rings. The van der Waals surface area contributed by atoms with Crippen molar-refractivity contribution in [1.29, 1.82) is 0 Å². The van der Waals surface area contributed by atoms with Crippen molar-refractivity contribution in [2.45, 2.75) is 39.2 Å². The van der Waals surface area contributed by atoms with Crippen molar-refractivity contribution in [3.63, 3.8) is 0 Å². The van der Waals surface area contributed by atoms with E-state index in [2.05, 4.69) is 11.4 Å². The van der Waals surface area contributed by atoms with Gasteiger partial charge in [0, 0.05) is 12.0 Å². The van der Waals surface area contributed by atoms with Crippen LogP contribution in [0.15, 0.2) is 18.2 Å². The Balaban J connectivity index is 1.80. The molecule has 0 aromatic heterocycles. The Morgan fingerprint density at radius 2 is 1.84 bits per heavy atom. The average Bonchev–Trinajstić information content (AvgIpc) is 2.38. The van der Waals surface area contributed by atoms with Crippen LogP contribution in [-0.2, 0) is 4.74 Å². The molecule has 1 saturated heterocycles. The number of hydrogen-bond acceptors (Lipinski definition) is 3. The zero-order valence-electron chi connectivity index (χ0n) is 11.9. The van der Waals surface area contributed by atoms with Crippen LogP contribution < -0.4 is 5.32 Å². The monoisotopic (exact) mass is 261 g/mol. The SMILES string of the molecule is Cc1cc(C)cc(C(=O)CCOC2CCNCC2)c1. The quantitative estimate of drug-likeness (QED) is 0.828. The summed E-state index contributed by atoms with van der Waals surface area (Å²) in [5.74, 6) is 0.181. The van der Waals surface area contributed by atoms with E-state index < -0.39 is 0 Å². The molecule has 1 heterocycles. The maximum atomic E-state index is 12.1. The molecule has 3 heteroatoms. The smallest absolute Gasteiger partial charge is 0.165 e. The van der Waals surface area contributed by atoms with Crippen molar-refractivity contribution in [3.8, 4) is 0 Å². The third-order valence-electron chi connectivity index (χ3n) is 3.51. The van der Waals surface area contributed by atoms with Crippen molar-refractivity contribution in [1.82, 2.24) is 5.32 Å². The van der Waals surface area contributed by atoms with E-state index in [9.17, 15) is 4.79 Å². The number of carbonyl (C=O) groups excluding carboxylic acids is 1. The summed E-state index contributed by atoms with van der Waals surface area (Å²) < 4.78 is 5.77. The molecule has 3 nitrogen and oxygen atoms in total. The van der Waals surface area contributed by atoms with Crippen LogP contribution in [0.3, 0.4) is 0 Å². The average molecular weight is 261 g/mol. The third kappa shape index (κ3) is 4.44.